The maximum atomic E-state index is 5.30. The van der Waals surface area contributed by atoms with Gasteiger partial charge in [-0.2, -0.15) is 0 Å². The summed E-state index contributed by atoms with van der Waals surface area (Å²) in [4.78, 5) is 9.00. The molecule has 1 N–H and O–H groups in total. The summed E-state index contributed by atoms with van der Waals surface area (Å²) in [7, 11) is 1.63. The Morgan fingerprint density at radius 3 is 2.72 bits per heavy atom. The molecule has 2 unspecified atom stereocenters. The highest BCUT2D eigenvalue weighted by molar-refractivity contribution is 9.10. The van der Waals surface area contributed by atoms with Crippen LogP contribution in [0.2, 0.25) is 0 Å². The molecule has 0 amide bonds. The SMILES string of the molecule is CCC1N=C(c2cc(Br)cnc2OC)NC1CC. The third-order valence-electron chi connectivity index (χ3n) is 3.21. The number of rotatable bonds is 4. The number of aliphatic imine (C=N–C) groups is 1. The minimum Gasteiger partial charge on any atom is -0.480 e. The summed E-state index contributed by atoms with van der Waals surface area (Å²) in [6.45, 7) is 4.34. The lowest BCUT2D eigenvalue weighted by molar-refractivity contribution is 0.396. The normalized spacial score (nSPS) is 22.6. The first-order valence-corrected chi connectivity index (χ1v) is 7.03. The molecule has 2 rings (SSSR count). The molecular weight excluding hydrogens is 294 g/mol. The number of pyridine rings is 1. The summed E-state index contributed by atoms with van der Waals surface area (Å²) in [5.74, 6) is 1.50. The largest absolute Gasteiger partial charge is 0.480 e. The molecule has 1 aliphatic rings. The van der Waals surface area contributed by atoms with E-state index < -0.39 is 0 Å². The van der Waals surface area contributed by atoms with Gasteiger partial charge in [-0.05, 0) is 34.8 Å². The van der Waals surface area contributed by atoms with Crippen LogP contribution in [-0.2, 0) is 0 Å². The van der Waals surface area contributed by atoms with E-state index in [1.807, 2.05) is 6.07 Å². The first-order chi connectivity index (χ1) is 8.69. The van der Waals surface area contributed by atoms with E-state index in [-0.39, 0.29) is 0 Å². The molecule has 5 heteroatoms. The molecule has 1 aromatic rings. The summed E-state index contributed by atoms with van der Waals surface area (Å²) in [6.07, 6.45) is 3.83. The molecule has 4 nitrogen and oxygen atoms in total. The van der Waals surface area contributed by atoms with Gasteiger partial charge in [-0.1, -0.05) is 13.8 Å². The lowest BCUT2D eigenvalue weighted by Gasteiger charge is -2.15. The van der Waals surface area contributed by atoms with Crippen LogP contribution in [0.25, 0.3) is 0 Å². The van der Waals surface area contributed by atoms with Crippen LogP contribution in [0.5, 0.6) is 5.88 Å². The van der Waals surface area contributed by atoms with Crippen LogP contribution >= 0.6 is 15.9 Å². The van der Waals surface area contributed by atoms with Gasteiger partial charge in [0.05, 0.1) is 18.7 Å². The molecule has 2 atom stereocenters. The van der Waals surface area contributed by atoms with Gasteiger partial charge < -0.3 is 10.1 Å². The monoisotopic (exact) mass is 311 g/mol. The van der Waals surface area contributed by atoms with Gasteiger partial charge in [0.25, 0.3) is 0 Å². The molecule has 2 heterocycles. The van der Waals surface area contributed by atoms with Crippen molar-refractivity contribution in [3.05, 3.63) is 22.3 Å². The maximum Gasteiger partial charge on any atom is 0.224 e. The predicted octanol–water partition coefficient (Wildman–Crippen LogP) is 2.76. The Bertz CT molecular complexity index is 462. The molecule has 0 aromatic carbocycles. The number of hydrogen-bond acceptors (Lipinski definition) is 4. The van der Waals surface area contributed by atoms with Crippen LogP contribution in [-0.4, -0.2) is 30.0 Å². The van der Waals surface area contributed by atoms with Crippen molar-refractivity contribution in [3.8, 4) is 5.88 Å². The van der Waals surface area contributed by atoms with Crippen molar-refractivity contribution in [3.63, 3.8) is 0 Å². The number of nitrogens with zero attached hydrogens (tertiary/aromatic N) is 2. The third kappa shape index (κ3) is 2.51. The van der Waals surface area contributed by atoms with Crippen LogP contribution < -0.4 is 10.1 Å². The van der Waals surface area contributed by atoms with Crippen LogP contribution in [0.3, 0.4) is 0 Å². The predicted molar refractivity (Wildman–Crippen MR) is 76.3 cm³/mol. The average molecular weight is 312 g/mol. The summed E-state index contributed by atoms with van der Waals surface area (Å²) >= 11 is 3.44. The Kier molecular flexibility index (Phi) is 4.22. The Balaban J connectivity index is 2.35. The second-order valence-electron chi connectivity index (χ2n) is 4.32. The van der Waals surface area contributed by atoms with Gasteiger partial charge in [0.1, 0.15) is 5.84 Å². The summed E-state index contributed by atoms with van der Waals surface area (Å²) in [6, 6.07) is 2.74. The number of hydrogen-bond donors (Lipinski definition) is 1. The van der Waals surface area contributed by atoms with Gasteiger partial charge in [0.15, 0.2) is 0 Å². The van der Waals surface area contributed by atoms with E-state index in [0.29, 0.717) is 18.0 Å². The molecule has 0 radical (unpaired) electrons. The van der Waals surface area contributed by atoms with E-state index in [1.54, 1.807) is 13.3 Å². The highest BCUT2D eigenvalue weighted by Crippen LogP contribution is 2.24. The van der Waals surface area contributed by atoms with E-state index >= 15 is 0 Å². The Morgan fingerprint density at radius 2 is 2.17 bits per heavy atom. The lowest BCUT2D eigenvalue weighted by Crippen LogP contribution is -2.34. The molecule has 0 bridgehead atoms. The fraction of sp³-hybridized carbons (Fsp3) is 0.538. The summed E-state index contributed by atoms with van der Waals surface area (Å²) < 4.78 is 6.22. The second kappa shape index (κ2) is 5.69. The number of nitrogens with one attached hydrogen (secondary N) is 1. The van der Waals surface area contributed by atoms with Gasteiger partial charge >= 0.3 is 0 Å². The van der Waals surface area contributed by atoms with E-state index in [4.69, 9.17) is 9.73 Å². The van der Waals surface area contributed by atoms with Gasteiger partial charge in [-0.25, -0.2) is 4.98 Å². The summed E-state index contributed by atoms with van der Waals surface area (Å²) in [5, 5.41) is 3.47. The van der Waals surface area contributed by atoms with Crippen molar-refractivity contribution in [1.82, 2.24) is 10.3 Å². The fourth-order valence-electron chi connectivity index (χ4n) is 2.22. The molecule has 0 saturated heterocycles. The Hall–Kier alpha value is -1.10. The highest BCUT2D eigenvalue weighted by Gasteiger charge is 2.28. The maximum absolute atomic E-state index is 5.30. The first kappa shape index (κ1) is 13.3. The number of ether oxygens (including phenoxy) is 1. The standard InChI is InChI=1S/C13H18BrN3O/c1-4-10-11(5-2)17-12(16-10)9-6-8(14)7-15-13(9)18-3/h6-7,10-11H,4-5H2,1-3H3,(H,16,17). The number of amidine groups is 1. The second-order valence-corrected chi connectivity index (χ2v) is 5.24. The van der Waals surface area contributed by atoms with Gasteiger partial charge in [-0.15, -0.1) is 0 Å². The molecule has 0 aliphatic carbocycles. The molecule has 18 heavy (non-hydrogen) atoms. The third-order valence-corrected chi connectivity index (χ3v) is 3.64. The topological polar surface area (TPSA) is 46.5 Å². The molecule has 1 aromatic heterocycles. The summed E-state index contributed by atoms with van der Waals surface area (Å²) in [5.41, 5.74) is 0.918. The molecule has 0 spiro atoms. The van der Waals surface area contributed by atoms with Crippen molar-refractivity contribution in [2.24, 2.45) is 4.99 Å². The molecule has 0 fully saturated rings. The van der Waals surface area contributed by atoms with Crippen molar-refractivity contribution in [2.45, 2.75) is 38.8 Å². The zero-order chi connectivity index (χ0) is 13.1. The Labute approximate surface area is 116 Å². The molecule has 0 saturated carbocycles. The zero-order valence-corrected chi connectivity index (χ0v) is 12.5. The minimum atomic E-state index is 0.341. The van der Waals surface area contributed by atoms with E-state index in [9.17, 15) is 0 Å². The lowest BCUT2D eigenvalue weighted by atomic mass is 10.1. The number of methoxy groups -OCH3 is 1. The van der Waals surface area contributed by atoms with Crippen LogP contribution in [0.15, 0.2) is 21.7 Å². The van der Waals surface area contributed by atoms with Crippen molar-refractivity contribution in [1.29, 1.82) is 0 Å². The molecular formula is C13H18BrN3O. The number of aromatic nitrogens is 1. The van der Waals surface area contributed by atoms with Crippen molar-refractivity contribution in [2.75, 3.05) is 7.11 Å². The first-order valence-electron chi connectivity index (χ1n) is 6.23. The van der Waals surface area contributed by atoms with Crippen LogP contribution in [0.4, 0.5) is 0 Å². The minimum absolute atomic E-state index is 0.341. The number of halogens is 1. The van der Waals surface area contributed by atoms with E-state index in [0.717, 1.165) is 28.7 Å². The Morgan fingerprint density at radius 1 is 1.39 bits per heavy atom. The highest BCUT2D eigenvalue weighted by atomic mass is 79.9. The van der Waals surface area contributed by atoms with E-state index in [1.165, 1.54) is 0 Å². The van der Waals surface area contributed by atoms with Crippen molar-refractivity contribution < 1.29 is 4.74 Å². The van der Waals surface area contributed by atoms with Crippen LogP contribution in [0, 0.1) is 0 Å². The quantitative estimate of drug-likeness (QED) is 0.930. The van der Waals surface area contributed by atoms with Crippen molar-refractivity contribution >= 4 is 21.8 Å². The van der Waals surface area contributed by atoms with Gasteiger partial charge in [-0.3, -0.25) is 4.99 Å². The smallest absolute Gasteiger partial charge is 0.224 e. The van der Waals surface area contributed by atoms with Gasteiger partial charge in [0.2, 0.25) is 5.88 Å². The van der Waals surface area contributed by atoms with Crippen LogP contribution in [0.1, 0.15) is 32.3 Å². The zero-order valence-electron chi connectivity index (χ0n) is 10.9. The average Bonchev–Trinajstić information content (AvgIpc) is 2.81. The van der Waals surface area contributed by atoms with Gasteiger partial charge in [0, 0.05) is 16.7 Å². The van der Waals surface area contributed by atoms with E-state index in [2.05, 4.69) is 40.1 Å². The fourth-order valence-corrected chi connectivity index (χ4v) is 2.55. The molecule has 1 aliphatic heterocycles. The molecule has 98 valence electrons.